The van der Waals surface area contributed by atoms with Crippen molar-refractivity contribution in [3.8, 4) is 0 Å². The summed E-state index contributed by atoms with van der Waals surface area (Å²) in [6.45, 7) is 4.95. The molecule has 2 rings (SSSR count). The number of anilines is 2. The topological polar surface area (TPSA) is 86.8 Å². The number of nitrogens with one attached hydrogen (secondary N) is 1. The molecule has 2 aromatic carbocycles. The highest BCUT2D eigenvalue weighted by molar-refractivity contribution is 7.92. The molecule has 0 unspecified atom stereocenters. The number of hydrogen-bond acceptors (Lipinski definition) is 5. The molecule has 0 aromatic heterocycles. The van der Waals surface area contributed by atoms with Crippen LogP contribution in [0.2, 0.25) is 5.02 Å². The molecule has 0 fully saturated rings. The molecule has 0 aliphatic heterocycles. The van der Waals surface area contributed by atoms with E-state index >= 15 is 0 Å². The number of benzene rings is 2. The highest BCUT2D eigenvalue weighted by Crippen LogP contribution is 2.35. The van der Waals surface area contributed by atoms with Crippen LogP contribution < -0.4 is 9.62 Å². The van der Waals surface area contributed by atoms with E-state index in [4.69, 9.17) is 11.6 Å². The van der Waals surface area contributed by atoms with Crippen LogP contribution in [-0.2, 0) is 20.0 Å². The van der Waals surface area contributed by atoms with Crippen molar-refractivity contribution in [2.75, 3.05) is 37.3 Å². The Hall–Kier alpha value is -1.81. The molecule has 0 saturated heterocycles. The SMILES string of the molecule is CC(C)CCN(C)c1c(Cl)cccc1NS(=O)(=O)c1ccc(S(=O)(=O)N(C)C)cc1. The fraction of sp³-hybridized carbons (Fsp3) is 0.400. The molecule has 166 valence electrons. The first-order chi connectivity index (χ1) is 13.9. The summed E-state index contributed by atoms with van der Waals surface area (Å²) in [6.07, 6.45) is 0.926. The molecule has 2 aromatic rings. The van der Waals surface area contributed by atoms with Crippen LogP contribution in [-0.4, -0.2) is 48.8 Å². The lowest BCUT2D eigenvalue weighted by atomic mass is 10.1. The van der Waals surface area contributed by atoms with Gasteiger partial charge >= 0.3 is 0 Å². The van der Waals surface area contributed by atoms with E-state index in [1.54, 1.807) is 18.2 Å². The van der Waals surface area contributed by atoms with Crippen molar-refractivity contribution >= 4 is 43.0 Å². The van der Waals surface area contributed by atoms with Crippen molar-refractivity contribution < 1.29 is 16.8 Å². The zero-order valence-corrected chi connectivity index (χ0v) is 20.1. The van der Waals surface area contributed by atoms with Crippen LogP contribution in [0.5, 0.6) is 0 Å². The zero-order chi connectivity index (χ0) is 22.7. The Bertz CT molecular complexity index is 1080. The van der Waals surface area contributed by atoms with Crippen LogP contribution in [0.3, 0.4) is 0 Å². The smallest absolute Gasteiger partial charge is 0.261 e. The summed E-state index contributed by atoms with van der Waals surface area (Å²) < 4.78 is 53.9. The highest BCUT2D eigenvalue weighted by atomic mass is 35.5. The molecule has 0 radical (unpaired) electrons. The second kappa shape index (κ2) is 9.55. The Labute approximate surface area is 184 Å². The summed E-state index contributed by atoms with van der Waals surface area (Å²) in [6, 6.07) is 10.1. The summed E-state index contributed by atoms with van der Waals surface area (Å²) in [4.78, 5) is 1.90. The molecular formula is C20H28ClN3O4S2. The van der Waals surface area contributed by atoms with Crippen molar-refractivity contribution in [2.45, 2.75) is 30.1 Å². The Morgan fingerprint density at radius 3 is 2.03 bits per heavy atom. The van der Waals surface area contributed by atoms with Gasteiger partial charge in [0.05, 0.1) is 26.2 Å². The fourth-order valence-corrected chi connectivity index (χ4v) is 5.04. The maximum atomic E-state index is 12.9. The van der Waals surface area contributed by atoms with Gasteiger partial charge in [0.15, 0.2) is 0 Å². The van der Waals surface area contributed by atoms with Gasteiger partial charge in [-0.15, -0.1) is 0 Å². The maximum Gasteiger partial charge on any atom is 0.261 e. The Balaban J connectivity index is 2.35. The number of halogens is 1. The predicted octanol–water partition coefficient (Wildman–Crippen LogP) is 3.87. The van der Waals surface area contributed by atoms with Gasteiger partial charge in [-0.1, -0.05) is 31.5 Å². The van der Waals surface area contributed by atoms with Crippen LogP contribution >= 0.6 is 11.6 Å². The van der Waals surface area contributed by atoms with Crippen LogP contribution in [0.25, 0.3) is 0 Å². The lowest BCUT2D eigenvalue weighted by Crippen LogP contribution is -2.23. The molecule has 0 heterocycles. The molecule has 30 heavy (non-hydrogen) atoms. The third-order valence-corrected chi connectivity index (χ3v) is 8.08. The number of rotatable bonds is 9. The molecule has 10 heteroatoms. The quantitative estimate of drug-likeness (QED) is 0.597. The van der Waals surface area contributed by atoms with Crippen molar-refractivity contribution in [1.82, 2.24) is 4.31 Å². The standard InChI is InChI=1S/C20H28ClN3O4S2/c1-15(2)13-14-24(5)20-18(21)7-6-8-19(20)22-29(25,26)16-9-11-17(12-10-16)30(27,28)23(3)4/h6-12,15,22H,13-14H2,1-5H3. The van der Waals surface area contributed by atoms with Crippen molar-refractivity contribution in [3.05, 3.63) is 47.5 Å². The van der Waals surface area contributed by atoms with Gasteiger partial charge in [0.1, 0.15) is 0 Å². The molecule has 0 saturated carbocycles. The van der Waals surface area contributed by atoms with Crippen molar-refractivity contribution in [2.24, 2.45) is 5.92 Å². The Morgan fingerprint density at radius 2 is 1.50 bits per heavy atom. The van der Waals surface area contributed by atoms with Crippen LogP contribution in [0.4, 0.5) is 11.4 Å². The summed E-state index contributed by atoms with van der Waals surface area (Å²) in [5.41, 5.74) is 0.953. The van der Waals surface area contributed by atoms with E-state index in [0.29, 0.717) is 28.9 Å². The van der Waals surface area contributed by atoms with Gasteiger partial charge in [-0.25, -0.2) is 21.1 Å². The molecule has 0 aliphatic rings. The van der Waals surface area contributed by atoms with Gasteiger partial charge in [-0.3, -0.25) is 4.72 Å². The Kier molecular flexibility index (Phi) is 7.79. The fourth-order valence-electron chi connectivity index (χ4n) is 2.75. The minimum absolute atomic E-state index is 0.0170. The second-order valence-electron chi connectivity index (χ2n) is 7.60. The number of hydrogen-bond donors (Lipinski definition) is 1. The van der Waals surface area contributed by atoms with Gasteiger partial charge in [0, 0.05) is 27.7 Å². The van der Waals surface area contributed by atoms with Gasteiger partial charge < -0.3 is 4.90 Å². The molecule has 0 atom stereocenters. The van der Waals surface area contributed by atoms with E-state index in [1.807, 2.05) is 11.9 Å². The first-order valence-corrected chi connectivity index (χ1v) is 12.7. The first kappa shape index (κ1) is 24.5. The number of nitrogens with zero attached hydrogens (tertiary/aromatic N) is 2. The second-order valence-corrected chi connectivity index (χ2v) is 11.8. The lowest BCUT2D eigenvalue weighted by molar-refractivity contribution is 0.520. The summed E-state index contributed by atoms with van der Waals surface area (Å²) in [5, 5.41) is 0.439. The van der Waals surface area contributed by atoms with Crippen LogP contribution in [0.15, 0.2) is 52.3 Å². The molecule has 0 amide bonds. The monoisotopic (exact) mass is 473 g/mol. The van der Waals surface area contributed by atoms with Gasteiger partial charge in [-0.2, -0.15) is 0 Å². The number of sulfonamides is 2. The summed E-state index contributed by atoms with van der Waals surface area (Å²) in [5.74, 6) is 0.493. The first-order valence-electron chi connectivity index (χ1n) is 9.41. The average Bonchev–Trinajstić information content (AvgIpc) is 2.66. The third kappa shape index (κ3) is 5.66. The third-order valence-electron chi connectivity index (χ3n) is 4.57. The molecule has 0 aliphatic carbocycles. The van der Waals surface area contributed by atoms with E-state index in [2.05, 4.69) is 18.6 Å². The van der Waals surface area contributed by atoms with E-state index in [9.17, 15) is 16.8 Å². The van der Waals surface area contributed by atoms with Crippen LogP contribution in [0.1, 0.15) is 20.3 Å². The van der Waals surface area contributed by atoms with Crippen LogP contribution in [0, 0.1) is 5.92 Å². The summed E-state index contributed by atoms with van der Waals surface area (Å²) >= 11 is 6.37. The Morgan fingerprint density at radius 1 is 0.933 bits per heavy atom. The molecule has 7 nitrogen and oxygen atoms in total. The highest BCUT2D eigenvalue weighted by Gasteiger charge is 2.22. The van der Waals surface area contributed by atoms with E-state index in [-0.39, 0.29) is 9.79 Å². The van der Waals surface area contributed by atoms with Crippen molar-refractivity contribution in [3.63, 3.8) is 0 Å². The lowest BCUT2D eigenvalue weighted by Gasteiger charge is -2.25. The minimum atomic E-state index is -3.94. The van der Waals surface area contributed by atoms with Crippen molar-refractivity contribution in [1.29, 1.82) is 0 Å². The van der Waals surface area contributed by atoms with Gasteiger partial charge in [-0.05, 0) is 48.7 Å². The van der Waals surface area contributed by atoms with E-state index < -0.39 is 20.0 Å². The normalized spacial score (nSPS) is 12.4. The summed E-state index contributed by atoms with van der Waals surface area (Å²) in [7, 11) is -2.89. The predicted molar refractivity (Wildman–Crippen MR) is 122 cm³/mol. The zero-order valence-electron chi connectivity index (χ0n) is 17.8. The van der Waals surface area contributed by atoms with E-state index in [1.165, 1.54) is 38.4 Å². The minimum Gasteiger partial charge on any atom is -0.372 e. The average molecular weight is 474 g/mol. The van der Waals surface area contributed by atoms with Gasteiger partial charge in [0.25, 0.3) is 10.0 Å². The molecule has 1 N–H and O–H groups in total. The molecular weight excluding hydrogens is 446 g/mol. The molecule has 0 spiro atoms. The largest absolute Gasteiger partial charge is 0.372 e. The maximum absolute atomic E-state index is 12.9. The number of para-hydroxylation sites is 1. The van der Waals surface area contributed by atoms with Gasteiger partial charge in [0.2, 0.25) is 10.0 Å². The van der Waals surface area contributed by atoms with E-state index in [0.717, 1.165) is 10.7 Å². The molecule has 0 bridgehead atoms.